The topological polar surface area (TPSA) is 79.5 Å². The Morgan fingerprint density at radius 1 is 1.40 bits per heavy atom. The van der Waals surface area contributed by atoms with Crippen LogP contribution in [0.5, 0.6) is 0 Å². The summed E-state index contributed by atoms with van der Waals surface area (Å²) in [6.07, 6.45) is 0.955. The Morgan fingerprint density at radius 2 is 2.20 bits per heavy atom. The van der Waals surface area contributed by atoms with Gasteiger partial charge in [0.25, 0.3) is 5.91 Å². The van der Waals surface area contributed by atoms with Crippen LogP contribution in [0.1, 0.15) is 22.5 Å². The minimum absolute atomic E-state index is 0.0988. The summed E-state index contributed by atoms with van der Waals surface area (Å²) in [5.41, 5.74) is -1.17. The summed E-state index contributed by atoms with van der Waals surface area (Å²) in [7, 11) is 0. The third-order valence-corrected chi connectivity index (χ3v) is 3.50. The van der Waals surface area contributed by atoms with Crippen molar-refractivity contribution < 1.29 is 19.1 Å². The number of nitrogens with one attached hydrogen (secondary N) is 1. The van der Waals surface area contributed by atoms with Crippen LogP contribution in [0.2, 0.25) is 5.02 Å². The van der Waals surface area contributed by atoms with Crippen LogP contribution in [0.15, 0.2) is 41.0 Å². The molecule has 0 aliphatic carbocycles. The van der Waals surface area contributed by atoms with Gasteiger partial charge in [-0.1, -0.05) is 11.6 Å². The van der Waals surface area contributed by atoms with Gasteiger partial charge in [0.15, 0.2) is 11.4 Å². The molecule has 0 bridgehead atoms. The van der Waals surface area contributed by atoms with E-state index in [0.717, 1.165) is 0 Å². The van der Waals surface area contributed by atoms with Crippen LogP contribution in [-0.4, -0.2) is 16.8 Å². The van der Waals surface area contributed by atoms with E-state index in [2.05, 4.69) is 5.32 Å². The first-order valence-electron chi connectivity index (χ1n) is 5.91. The van der Waals surface area contributed by atoms with Crippen molar-refractivity contribution in [2.24, 2.45) is 0 Å². The summed E-state index contributed by atoms with van der Waals surface area (Å²) in [5.74, 6) is -1.00. The molecular weight excluding hydrogens is 282 g/mol. The highest BCUT2D eigenvalue weighted by Crippen LogP contribution is 2.40. The molecule has 0 saturated heterocycles. The summed E-state index contributed by atoms with van der Waals surface area (Å²) in [6.45, 7) is 0. The monoisotopic (exact) mass is 291 g/mol. The standard InChI is InChI=1S/C14H10ClNO4/c15-8-3-4-10-9(6-8)14(19,13(18)16-10)7-11(17)12-2-1-5-20-12/h1-6,19H,7H2,(H,16,18). The number of aliphatic hydroxyl groups is 1. The van der Waals surface area contributed by atoms with Crippen LogP contribution in [0, 0.1) is 0 Å². The van der Waals surface area contributed by atoms with E-state index in [4.69, 9.17) is 16.0 Å². The third-order valence-electron chi connectivity index (χ3n) is 3.26. The lowest BCUT2D eigenvalue weighted by atomic mass is 9.89. The second-order valence-electron chi connectivity index (χ2n) is 4.58. The lowest BCUT2D eigenvalue weighted by molar-refractivity contribution is -0.133. The second kappa shape index (κ2) is 4.47. The van der Waals surface area contributed by atoms with E-state index in [0.29, 0.717) is 16.3 Å². The van der Waals surface area contributed by atoms with Gasteiger partial charge in [-0.2, -0.15) is 0 Å². The molecule has 1 unspecified atom stereocenters. The first kappa shape index (κ1) is 12.9. The van der Waals surface area contributed by atoms with E-state index in [1.807, 2.05) is 0 Å². The van der Waals surface area contributed by atoms with Gasteiger partial charge in [-0.15, -0.1) is 0 Å². The number of carbonyl (C=O) groups excluding carboxylic acids is 2. The average Bonchev–Trinajstić information content (AvgIpc) is 3.00. The van der Waals surface area contributed by atoms with E-state index in [9.17, 15) is 14.7 Å². The molecule has 0 fully saturated rings. The number of benzene rings is 1. The van der Waals surface area contributed by atoms with E-state index in [-0.39, 0.29) is 5.76 Å². The average molecular weight is 292 g/mol. The largest absolute Gasteiger partial charge is 0.461 e. The van der Waals surface area contributed by atoms with Crippen LogP contribution in [0.3, 0.4) is 0 Å². The number of fused-ring (bicyclic) bond motifs is 1. The molecular formula is C14H10ClNO4. The number of anilines is 1. The molecule has 2 heterocycles. The number of halogens is 1. The van der Waals surface area contributed by atoms with E-state index >= 15 is 0 Å². The first-order chi connectivity index (χ1) is 9.50. The van der Waals surface area contributed by atoms with Crippen molar-refractivity contribution in [2.75, 3.05) is 5.32 Å². The van der Waals surface area contributed by atoms with Gasteiger partial charge >= 0.3 is 0 Å². The molecule has 0 radical (unpaired) electrons. The molecule has 1 aromatic carbocycles. The second-order valence-corrected chi connectivity index (χ2v) is 5.02. The molecule has 2 N–H and O–H groups in total. The van der Waals surface area contributed by atoms with Gasteiger partial charge < -0.3 is 14.8 Å². The minimum atomic E-state index is -1.93. The van der Waals surface area contributed by atoms with E-state index < -0.39 is 23.7 Å². The number of hydrogen-bond acceptors (Lipinski definition) is 4. The van der Waals surface area contributed by atoms with Gasteiger partial charge in [0, 0.05) is 16.3 Å². The molecule has 1 aliphatic heterocycles. The van der Waals surface area contributed by atoms with Crippen LogP contribution in [0.4, 0.5) is 5.69 Å². The van der Waals surface area contributed by atoms with Gasteiger partial charge in [-0.05, 0) is 30.3 Å². The molecule has 5 nitrogen and oxygen atoms in total. The molecule has 0 spiro atoms. The van der Waals surface area contributed by atoms with Crippen molar-refractivity contribution in [1.82, 2.24) is 0 Å². The van der Waals surface area contributed by atoms with Crippen molar-refractivity contribution in [3.05, 3.63) is 52.9 Å². The lowest BCUT2D eigenvalue weighted by Gasteiger charge is -2.19. The highest BCUT2D eigenvalue weighted by molar-refractivity contribution is 6.31. The number of furan rings is 1. The predicted octanol–water partition coefficient (Wildman–Crippen LogP) is 2.35. The molecule has 3 rings (SSSR count). The Hall–Kier alpha value is -2.11. The maximum atomic E-state index is 12.0. The minimum Gasteiger partial charge on any atom is -0.461 e. The Labute approximate surface area is 119 Å². The summed E-state index contributed by atoms with van der Waals surface area (Å²) < 4.78 is 4.98. The van der Waals surface area contributed by atoms with Crippen LogP contribution in [0.25, 0.3) is 0 Å². The highest BCUT2D eigenvalue weighted by Gasteiger charge is 2.47. The molecule has 20 heavy (non-hydrogen) atoms. The van der Waals surface area contributed by atoms with Crippen LogP contribution in [-0.2, 0) is 10.4 Å². The van der Waals surface area contributed by atoms with Gasteiger partial charge in [0.05, 0.1) is 12.7 Å². The van der Waals surface area contributed by atoms with Crippen molar-refractivity contribution in [1.29, 1.82) is 0 Å². The van der Waals surface area contributed by atoms with Gasteiger partial charge in [0.1, 0.15) is 0 Å². The molecule has 102 valence electrons. The molecule has 2 aromatic rings. The van der Waals surface area contributed by atoms with Crippen LogP contribution >= 0.6 is 11.6 Å². The molecule has 0 saturated carbocycles. The zero-order chi connectivity index (χ0) is 14.3. The summed E-state index contributed by atoms with van der Waals surface area (Å²) >= 11 is 5.88. The molecule has 1 amide bonds. The molecule has 6 heteroatoms. The Morgan fingerprint density at radius 3 is 2.90 bits per heavy atom. The van der Waals surface area contributed by atoms with Crippen molar-refractivity contribution in [3.8, 4) is 0 Å². The van der Waals surface area contributed by atoms with E-state index in [1.165, 1.54) is 18.4 Å². The van der Waals surface area contributed by atoms with Gasteiger partial charge in [-0.3, -0.25) is 9.59 Å². The zero-order valence-corrected chi connectivity index (χ0v) is 11.0. The number of ketones is 1. The first-order valence-corrected chi connectivity index (χ1v) is 6.29. The maximum Gasteiger partial charge on any atom is 0.261 e. The Kier molecular flexibility index (Phi) is 2.88. The lowest BCUT2D eigenvalue weighted by Crippen LogP contribution is -2.36. The van der Waals surface area contributed by atoms with Crippen LogP contribution < -0.4 is 5.32 Å². The Bertz CT molecular complexity index is 695. The maximum absolute atomic E-state index is 12.0. The SMILES string of the molecule is O=C(CC1(O)C(=O)Nc2ccc(Cl)cc21)c1ccco1. The zero-order valence-electron chi connectivity index (χ0n) is 10.2. The smallest absolute Gasteiger partial charge is 0.261 e. The number of Topliss-reactive ketones (excluding diaryl/α,β-unsaturated/α-hetero) is 1. The highest BCUT2D eigenvalue weighted by atomic mass is 35.5. The fraction of sp³-hybridized carbons (Fsp3) is 0.143. The summed E-state index contributed by atoms with van der Waals surface area (Å²) in [6, 6.07) is 7.71. The quantitative estimate of drug-likeness (QED) is 0.851. The molecule has 1 atom stereocenters. The van der Waals surface area contributed by atoms with Gasteiger partial charge in [-0.25, -0.2) is 0 Å². The fourth-order valence-electron chi connectivity index (χ4n) is 2.25. The Balaban J connectivity index is 1.98. The summed E-state index contributed by atoms with van der Waals surface area (Å²) in [5, 5.41) is 13.5. The number of hydrogen-bond donors (Lipinski definition) is 2. The predicted molar refractivity (Wildman–Crippen MR) is 71.6 cm³/mol. The van der Waals surface area contributed by atoms with Crippen molar-refractivity contribution >= 4 is 29.0 Å². The number of rotatable bonds is 3. The normalized spacial score (nSPS) is 20.6. The van der Waals surface area contributed by atoms with Crippen molar-refractivity contribution in [2.45, 2.75) is 12.0 Å². The molecule has 1 aliphatic rings. The van der Waals surface area contributed by atoms with Crippen molar-refractivity contribution in [3.63, 3.8) is 0 Å². The summed E-state index contributed by atoms with van der Waals surface area (Å²) in [4.78, 5) is 24.0. The molecule has 1 aromatic heterocycles. The number of carbonyl (C=O) groups is 2. The van der Waals surface area contributed by atoms with Gasteiger partial charge in [0.2, 0.25) is 5.78 Å². The third kappa shape index (κ3) is 1.92. The van der Waals surface area contributed by atoms with E-state index in [1.54, 1.807) is 18.2 Å². The number of amides is 1. The fourth-order valence-corrected chi connectivity index (χ4v) is 2.42.